The van der Waals surface area contributed by atoms with Gasteiger partial charge in [0.25, 0.3) is 10.0 Å². The molecule has 2 amide bonds. The van der Waals surface area contributed by atoms with Crippen molar-refractivity contribution in [1.29, 1.82) is 0 Å². The number of carbonyl (C=O) groups excluding carboxylic acids is 2. The number of benzene rings is 4. The van der Waals surface area contributed by atoms with Crippen molar-refractivity contribution in [2.24, 2.45) is 0 Å². The fourth-order valence-corrected chi connectivity index (χ4v) is 7.15. The van der Waals surface area contributed by atoms with Crippen LogP contribution in [-0.2, 0) is 32.6 Å². The van der Waals surface area contributed by atoms with Crippen LogP contribution in [0.5, 0.6) is 11.5 Å². The van der Waals surface area contributed by atoms with Gasteiger partial charge < -0.3 is 19.7 Å². The van der Waals surface area contributed by atoms with Gasteiger partial charge in [-0.05, 0) is 73.0 Å². The van der Waals surface area contributed by atoms with E-state index in [-0.39, 0.29) is 47.9 Å². The first-order valence-electron chi connectivity index (χ1n) is 15.6. The first-order chi connectivity index (χ1) is 23.0. The summed E-state index contributed by atoms with van der Waals surface area (Å²) < 4.78 is 55.6. The van der Waals surface area contributed by atoms with E-state index in [9.17, 15) is 22.4 Å². The predicted octanol–water partition coefficient (Wildman–Crippen LogP) is 6.11. The number of nitrogens with one attached hydrogen (secondary N) is 1. The van der Waals surface area contributed by atoms with Crippen molar-refractivity contribution in [3.8, 4) is 11.5 Å². The number of hydrogen-bond acceptors (Lipinski definition) is 6. The number of hydrogen-bond donors (Lipinski definition) is 1. The third-order valence-electron chi connectivity index (χ3n) is 8.01. The maximum absolute atomic E-state index is 14.6. The molecule has 0 aliphatic carbocycles. The third-order valence-corrected chi connectivity index (χ3v) is 10.3. The molecule has 12 heteroatoms. The van der Waals surface area contributed by atoms with E-state index >= 15 is 0 Å². The molecule has 0 bridgehead atoms. The monoisotopic (exact) mass is 737 g/mol. The van der Waals surface area contributed by atoms with Gasteiger partial charge in [0.1, 0.15) is 31.6 Å². The van der Waals surface area contributed by atoms with Gasteiger partial charge in [-0.2, -0.15) is 0 Å². The van der Waals surface area contributed by atoms with Crippen LogP contribution in [0.4, 0.5) is 10.1 Å². The molecule has 4 aromatic rings. The van der Waals surface area contributed by atoms with Crippen LogP contribution in [0.15, 0.2) is 106 Å². The molecule has 0 radical (unpaired) electrons. The molecule has 0 saturated heterocycles. The van der Waals surface area contributed by atoms with Gasteiger partial charge in [0, 0.05) is 29.5 Å². The number of amides is 2. The Bertz CT molecular complexity index is 1840. The van der Waals surface area contributed by atoms with Crippen molar-refractivity contribution in [2.75, 3.05) is 24.1 Å². The number of halogens is 2. The molecule has 4 aromatic carbocycles. The Hall–Kier alpha value is -4.42. The predicted molar refractivity (Wildman–Crippen MR) is 185 cm³/mol. The van der Waals surface area contributed by atoms with Crippen LogP contribution in [0, 0.1) is 5.82 Å². The van der Waals surface area contributed by atoms with E-state index in [1.807, 2.05) is 68.4 Å². The zero-order chi connectivity index (χ0) is 34.3. The molecule has 1 heterocycles. The number of carbonyl (C=O) groups is 2. The fraction of sp³-hybridized carbons (Fsp3) is 0.278. The van der Waals surface area contributed by atoms with E-state index < -0.39 is 34.3 Å². The Morgan fingerprint density at radius 2 is 1.58 bits per heavy atom. The van der Waals surface area contributed by atoms with E-state index in [0.717, 1.165) is 32.0 Å². The second-order valence-corrected chi connectivity index (χ2v) is 14.2. The summed E-state index contributed by atoms with van der Waals surface area (Å²) in [5.74, 6) is -0.891. The third kappa shape index (κ3) is 8.53. The number of sulfonamides is 1. The van der Waals surface area contributed by atoms with Crippen LogP contribution in [0.1, 0.15) is 31.4 Å². The van der Waals surface area contributed by atoms with Gasteiger partial charge in [-0.1, -0.05) is 65.3 Å². The molecule has 252 valence electrons. The maximum atomic E-state index is 14.6. The van der Waals surface area contributed by atoms with E-state index in [4.69, 9.17) is 9.47 Å². The minimum absolute atomic E-state index is 0.0189. The number of anilines is 1. The minimum atomic E-state index is -4.42. The second kappa shape index (κ2) is 15.7. The van der Waals surface area contributed by atoms with Gasteiger partial charge in [0.2, 0.25) is 11.8 Å². The van der Waals surface area contributed by atoms with Crippen molar-refractivity contribution in [2.45, 2.75) is 50.2 Å². The summed E-state index contributed by atoms with van der Waals surface area (Å²) in [7, 11) is -4.42. The largest absolute Gasteiger partial charge is 0.486 e. The van der Waals surface area contributed by atoms with Gasteiger partial charge in [-0.3, -0.25) is 13.9 Å². The second-order valence-electron chi connectivity index (χ2n) is 11.5. The van der Waals surface area contributed by atoms with E-state index in [1.54, 1.807) is 0 Å². The zero-order valence-corrected chi connectivity index (χ0v) is 29.0. The van der Waals surface area contributed by atoms with Crippen LogP contribution in [0.2, 0.25) is 0 Å². The highest BCUT2D eigenvalue weighted by atomic mass is 79.9. The molecule has 0 unspecified atom stereocenters. The van der Waals surface area contributed by atoms with Gasteiger partial charge in [0.05, 0.1) is 10.6 Å². The van der Waals surface area contributed by atoms with Crippen molar-refractivity contribution >= 4 is 43.5 Å². The molecular formula is C36H37BrFN3O6S. The summed E-state index contributed by atoms with van der Waals surface area (Å²) in [6, 6.07) is 24.6. The lowest BCUT2D eigenvalue weighted by Crippen LogP contribution is -2.54. The Morgan fingerprint density at radius 1 is 0.896 bits per heavy atom. The van der Waals surface area contributed by atoms with E-state index in [2.05, 4.69) is 21.2 Å². The molecule has 1 N–H and O–H groups in total. The van der Waals surface area contributed by atoms with E-state index in [0.29, 0.717) is 18.8 Å². The Labute approximate surface area is 288 Å². The van der Waals surface area contributed by atoms with Crippen molar-refractivity contribution < 1.29 is 31.9 Å². The molecule has 5 rings (SSSR count). The van der Waals surface area contributed by atoms with Crippen LogP contribution < -0.4 is 19.1 Å². The first kappa shape index (κ1) is 34.9. The smallest absolute Gasteiger partial charge is 0.264 e. The van der Waals surface area contributed by atoms with Gasteiger partial charge in [0.15, 0.2) is 11.5 Å². The van der Waals surface area contributed by atoms with Gasteiger partial charge >= 0.3 is 0 Å². The zero-order valence-electron chi connectivity index (χ0n) is 26.6. The molecule has 0 aromatic heterocycles. The lowest BCUT2D eigenvalue weighted by molar-refractivity contribution is -0.140. The Kier molecular flexibility index (Phi) is 11.4. The van der Waals surface area contributed by atoms with E-state index in [1.165, 1.54) is 35.2 Å². The molecule has 0 fully saturated rings. The fourth-order valence-electron chi connectivity index (χ4n) is 5.27. The molecule has 1 aliphatic heterocycles. The van der Waals surface area contributed by atoms with Crippen molar-refractivity contribution in [3.63, 3.8) is 0 Å². The number of ether oxygens (including phenoxy) is 2. The molecule has 1 aliphatic rings. The quantitative estimate of drug-likeness (QED) is 0.178. The van der Waals surface area contributed by atoms with Gasteiger partial charge in [-0.15, -0.1) is 0 Å². The highest BCUT2D eigenvalue weighted by Crippen LogP contribution is 2.34. The molecule has 0 saturated carbocycles. The van der Waals surface area contributed by atoms with Crippen molar-refractivity contribution in [3.05, 3.63) is 118 Å². The summed E-state index contributed by atoms with van der Waals surface area (Å²) in [6.45, 7) is 3.77. The van der Waals surface area contributed by atoms with Gasteiger partial charge in [-0.25, -0.2) is 12.8 Å². The summed E-state index contributed by atoms with van der Waals surface area (Å²) in [4.78, 5) is 29.8. The molecule has 2 atom stereocenters. The van der Waals surface area contributed by atoms with Crippen LogP contribution >= 0.6 is 15.9 Å². The number of rotatable bonds is 13. The normalized spacial score (nSPS) is 13.7. The number of fused-ring (bicyclic) bond motifs is 1. The highest BCUT2D eigenvalue weighted by molar-refractivity contribution is 9.10. The van der Waals surface area contributed by atoms with Crippen molar-refractivity contribution in [1.82, 2.24) is 10.2 Å². The Balaban J connectivity index is 1.58. The summed E-state index contributed by atoms with van der Waals surface area (Å²) in [5, 5.41) is 3.02. The molecule has 9 nitrogen and oxygen atoms in total. The average Bonchev–Trinajstić information content (AvgIpc) is 3.09. The lowest BCUT2D eigenvalue weighted by atomic mass is 10.0. The number of nitrogens with zero attached hydrogens (tertiary/aromatic N) is 2. The topological polar surface area (TPSA) is 105 Å². The standard InChI is InChI=1S/C36H37BrFN3O6S/c1-3-25(2)39-36(43)32(21-26-8-5-4-6-9-26)40(23-27-10-7-11-28(37)20-27)35(42)24-41(30-14-12-29(38)13-15-30)48(44,45)31-16-17-33-34(22-31)47-19-18-46-33/h4-17,20,22,25,32H,3,18-19,21,23-24H2,1-2H3,(H,39,43)/t25-,32-/m1/s1. The Morgan fingerprint density at radius 3 is 2.27 bits per heavy atom. The SMILES string of the molecule is CC[C@@H](C)NC(=O)[C@@H](Cc1ccccc1)N(Cc1cccc(Br)c1)C(=O)CN(c1ccc(F)cc1)S(=O)(=O)c1ccc2c(c1)OCCO2. The van der Waals surface area contributed by atoms with Crippen LogP contribution in [-0.4, -0.2) is 57.0 Å². The van der Waals surface area contributed by atoms with Crippen LogP contribution in [0.3, 0.4) is 0 Å². The minimum Gasteiger partial charge on any atom is -0.486 e. The average molecular weight is 739 g/mol. The summed E-state index contributed by atoms with van der Waals surface area (Å²) in [5.41, 5.74) is 1.63. The molecule has 48 heavy (non-hydrogen) atoms. The summed E-state index contributed by atoms with van der Waals surface area (Å²) in [6.07, 6.45) is 0.865. The first-order valence-corrected chi connectivity index (χ1v) is 17.8. The lowest BCUT2D eigenvalue weighted by Gasteiger charge is -2.34. The molecular weight excluding hydrogens is 701 g/mol. The van der Waals surface area contributed by atoms with Crippen LogP contribution in [0.25, 0.3) is 0 Å². The molecule has 0 spiro atoms. The maximum Gasteiger partial charge on any atom is 0.264 e. The highest BCUT2D eigenvalue weighted by Gasteiger charge is 2.35. The summed E-state index contributed by atoms with van der Waals surface area (Å²) >= 11 is 3.49.